The van der Waals surface area contributed by atoms with E-state index in [-0.39, 0.29) is 12.0 Å². The molecular weight excluding hydrogens is 252 g/mol. The summed E-state index contributed by atoms with van der Waals surface area (Å²) in [5.41, 5.74) is 7.36. The number of carbonyl (C=O) groups is 1. The number of nitrogens with zero attached hydrogens (tertiary/aromatic N) is 1. The lowest BCUT2D eigenvalue weighted by atomic mass is 10.1. The van der Waals surface area contributed by atoms with E-state index >= 15 is 0 Å². The highest BCUT2D eigenvalue weighted by Gasteiger charge is 2.22. The van der Waals surface area contributed by atoms with Crippen LogP contribution in [0.4, 0.5) is 5.69 Å². The Labute approximate surface area is 120 Å². The molecule has 0 bridgehead atoms. The van der Waals surface area contributed by atoms with Crippen molar-refractivity contribution in [1.82, 2.24) is 4.90 Å². The van der Waals surface area contributed by atoms with Gasteiger partial charge in [0.25, 0.3) is 0 Å². The van der Waals surface area contributed by atoms with Gasteiger partial charge < -0.3 is 15.4 Å². The predicted molar refractivity (Wildman–Crippen MR) is 81.1 cm³/mol. The molecule has 0 aromatic heterocycles. The van der Waals surface area contributed by atoms with E-state index < -0.39 is 0 Å². The molecule has 0 radical (unpaired) electrons. The highest BCUT2D eigenvalue weighted by Crippen LogP contribution is 2.14. The molecule has 4 nitrogen and oxygen atoms in total. The first-order valence-electron chi connectivity index (χ1n) is 7.13. The van der Waals surface area contributed by atoms with Crippen LogP contribution < -0.4 is 5.73 Å². The van der Waals surface area contributed by atoms with Crippen LogP contribution in [0.3, 0.4) is 0 Å². The zero-order valence-electron chi connectivity index (χ0n) is 11.9. The van der Waals surface area contributed by atoms with E-state index in [1.54, 1.807) is 6.08 Å². The van der Waals surface area contributed by atoms with Crippen molar-refractivity contribution in [3.05, 3.63) is 35.9 Å². The SMILES string of the molecule is CCOC1CCCN(C(=O)/C=C/c2cccc(N)c2)C1. The Balaban J connectivity index is 1.94. The van der Waals surface area contributed by atoms with Crippen LogP contribution in [-0.2, 0) is 9.53 Å². The fourth-order valence-corrected chi connectivity index (χ4v) is 2.45. The van der Waals surface area contributed by atoms with Crippen LogP contribution in [0.25, 0.3) is 6.08 Å². The molecule has 1 aliphatic heterocycles. The summed E-state index contributed by atoms with van der Waals surface area (Å²) in [6.07, 6.45) is 5.64. The van der Waals surface area contributed by atoms with Gasteiger partial charge in [-0.2, -0.15) is 0 Å². The first-order valence-corrected chi connectivity index (χ1v) is 7.13. The molecule has 0 aliphatic carbocycles. The first-order chi connectivity index (χ1) is 9.69. The van der Waals surface area contributed by atoms with Crippen LogP contribution in [0.2, 0.25) is 0 Å². The Bertz CT molecular complexity index is 483. The van der Waals surface area contributed by atoms with Gasteiger partial charge in [0, 0.05) is 31.5 Å². The van der Waals surface area contributed by atoms with E-state index in [0.717, 1.165) is 24.9 Å². The van der Waals surface area contributed by atoms with Gasteiger partial charge in [-0.15, -0.1) is 0 Å². The average Bonchev–Trinajstić information content (AvgIpc) is 2.45. The molecule has 1 saturated heterocycles. The molecule has 1 aliphatic rings. The molecular formula is C16H22N2O2. The highest BCUT2D eigenvalue weighted by atomic mass is 16.5. The second-order valence-corrected chi connectivity index (χ2v) is 5.01. The van der Waals surface area contributed by atoms with Gasteiger partial charge in [0.15, 0.2) is 0 Å². The molecule has 1 aromatic carbocycles. The van der Waals surface area contributed by atoms with E-state index in [9.17, 15) is 4.79 Å². The van der Waals surface area contributed by atoms with Gasteiger partial charge in [-0.25, -0.2) is 0 Å². The summed E-state index contributed by atoms with van der Waals surface area (Å²) in [4.78, 5) is 14.0. The standard InChI is InChI=1S/C16H22N2O2/c1-2-20-15-7-4-10-18(12-15)16(19)9-8-13-5-3-6-14(17)11-13/h3,5-6,8-9,11,15H,2,4,7,10,12,17H2,1H3/b9-8+. The summed E-state index contributed by atoms with van der Waals surface area (Å²) in [6, 6.07) is 7.49. The largest absolute Gasteiger partial charge is 0.399 e. The van der Waals surface area contributed by atoms with Crippen molar-refractivity contribution < 1.29 is 9.53 Å². The van der Waals surface area contributed by atoms with E-state index in [4.69, 9.17) is 10.5 Å². The fourth-order valence-electron chi connectivity index (χ4n) is 2.45. The maximum atomic E-state index is 12.2. The third-order valence-corrected chi connectivity index (χ3v) is 3.42. The number of anilines is 1. The predicted octanol–water partition coefficient (Wildman–Crippen LogP) is 2.31. The van der Waals surface area contributed by atoms with E-state index in [0.29, 0.717) is 18.8 Å². The Kier molecular flexibility index (Phi) is 5.18. The number of nitrogen functional groups attached to an aromatic ring is 1. The van der Waals surface area contributed by atoms with Gasteiger partial charge in [-0.3, -0.25) is 4.79 Å². The molecule has 1 unspecified atom stereocenters. The van der Waals surface area contributed by atoms with Crippen molar-refractivity contribution in [1.29, 1.82) is 0 Å². The topological polar surface area (TPSA) is 55.6 Å². The number of carbonyl (C=O) groups excluding carboxylic acids is 1. The molecule has 2 N–H and O–H groups in total. The molecule has 1 amide bonds. The Morgan fingerprint density at radius 1 is 1.55 bits per heavy atom. The summed E-state index contributed by atoms with van der Waals surface area (Å²) >= 11 is 0. The number of piperidine rings is 1. The molecule has 0 spiro atoms. The minimum atomic E-state index is 0.0387. The second kappa shape index (κ2) is 7.10. The maximum Gasteiger partial charge on any atom is 0.246 e. The summed E-state index contributed by atoms with van der Waals surface area (Å²) in [6.45, 7) is 4.18. The maximum absolute atomic E-state index is 12.2. The minimum Gasteiger partial charge on any atom is -0.399 e. The van der Waals surface area contributed by atoms with Crippen LogP contribution in [0, 0.1) is 0 Å². The van der Waals surface area contributed by atoms with E-state index in [1.807, 2.05) is 42.2 Å². The molecule has 1 heterocycles. The molecule has 2 rings (SSSR count). The van der Waals surface area contributed by atoms with Gasteiger partial charge in [0.05, 0.1) is 6.10 Å². The summed E-state index contributed by atoms with van der Waals surface area (Å²) in [7, 11) is 0. The van der Waals surface area contributed by atoms with Crippen molar-refractivity contribution in [3.63, 3.8) is 0 Å². The molecule has 1 aromatic rings. The van der Waals surface area contributed by atoms with E-state index in [2.05, 4.69) is 0 Å². The second-order valence-electron chi connectivity index (χ2n) is 5.01. The number of likely N-dealkylation sites (tertiary alicyclic amines) is 1. The van der Waals surface area contributed by atoms with Crippen LogP contribution >= 0.6 is 0 Å². The number of nitrogens with two attached hydrogens (primary N) is 1. The van der Waals surface area contributed by atoms with Crippen molar-refractivity contribution in [2.45, 2.75) is 25.9 Å². The average molecular weight is 274 g/mol. The van der Waals surface area contributed by atoms with Crippen molar-refractivity contribution >= 4 is 17.7 Å². The lowest BCUT2D eigenvalue weighted by molar-refractivity contribution is -0.129. The fraction of sp³-hybridized carbons (Fsp3) is 0.438. The monoisotopic (exact) mass is 274 g/mol. The zero-order chi connectivity index (χ0) is 14.4. The lowest BCUT2D eigenvalue weighted by Crippen LogP contribution is -2.42. The van der Waals surface area contributed by atoms with Crippen LogP contribution in [0.1, 0.15) is 25.3 Å². The van der Waals surface area contributed by atoms with Gasteiger partial charge in [0.2, 0.25) is 5.91 Å². The quantitative estimate of drug-likeness (QED) is 0.677. The number of rotatable bonds is 4. The van der Waals surface area contributed by atoms with Crippen LogP contribution in [0.15, 0.2) is 30.3 Å². The molecule has 1 atom stereocenters. The zero-order valence-corrected chi connectivity index (χ0v) is 11.9. The van der Waals surface area contributed by atoms with Crippen molar-refractivity contribution in [2.24, 2.45) is 0 Å². The number of hydrogen-bond donors (Lipinski definition) is 1. The molecule has 20 heavy (non-hydrogen) atoms. The minimum absolute atomic E-state index is 0.0387. The third kappa shape index (κ3) is 4.10. The van der Waals surface area contributed by atoms with E-state index in [1.165, 1.54) is 0 Å². The molecule has 1 fully saturated rings. The van der Waals surface area contributed by atoms with Crippen molar-refractivity contribution in [2.75, 3.05) is 25.4 Å². The first kappa shape index (κ1) is 14.6. The number of hydrogen-bond acceptors (Lipinski definition) is 3. The lowest BCUT2D eigenvalue weighted by Gasteiger charge is -2.31. The van der Waals surface area contributed by atoms with Gasteiger partial charge in [0.1, 0.15) is 0 Å². The number of benzene rings is 1. The molecule has 4 heteroatoms. The number of amides is 1. The summed E-state index contributed by atoms with van der Waals surface area (Å²) in [5.74, 6) is 0.0387. The Morgan fingerprint density at radius 3 is 3.15 bits per heavy atom. The molecule has 0 saturated carbocycles. The number of ether oxygens (including phenoxy) is 1. The van der Waals surface area contributed by atoms with Crippen molar-refractivity contribution in [3.8, 4) is 0 Å². The normalized spacial score (nSPS) is 19.4. The smallest absolute Gasteiger partial charge is 0.246 e. The van der Waals surface area contributed by atoms with Gasteiger partial charge >= 0.3 is 0 Å². The Morgan fingerprint density at radius 2 is 2.40 bits per heavy atom. The van der Waals surface area contributed by atoms with Crippen LogP contribution in [-0.4, -0.2) is 36.6 Å². The van der Waals surface area contributed by atoms with Gasteiger partial charge in [-0.05, 0) is 43.5 Å². The third-order valence-electron chi connectivity index (χ3n) is 3.42. The summed E-state index contributed by atoms with van der Waals surface area (Å²) < 4.78 is 5.61. The molecule has 108 valence electrons. The van der Waals surface area contributed by atoms with Gasteiger partial charge in [-0.1, -0.05) is 12.1 Å². The highest BCUT2D eigenvalue weighted by molar-refractivity contribution is 5.92. The van der Waals surface area contributed by atoms with Crippen LogP contribution in [0.5, 0.6) is 0 Å². The Hall–Kier alpha value is -1.81. The summed E-state index contributed by atoms with van der Waals surface area (Å²) in [5, 5.41) is 0.